The average Bonchev–Trinajstić information content (AvgIpc) is 2.67. The van der Waals surface area contributed by atoms with Crippen molar-refractivity contribution in [1.29, 1.82) is 0 Å². The molecule has 0 saturated carbocycles. The molecule has 2 aromatic rings. The van der Waals surface area contributed by atoms with Gasteiger partial charge in [0.05, 0.1) is 12.1 Å². The summed E-state index contributed by atoms with van der Waals surface area (Å²) < 4.78 is 5.42. The molecule has 0 aliphatic heterocycles. The minimum Gasteiger partial charge on any atom is -0.439 e. The second-order valence-corrected chi connectivity index (χ2v) is 3.39. The van der Waals surface area contributed by atoms with Crippen molar-refractivity contribution in [3.05, 3.63) is 41.9 Å². The number of hydrogen-bond acceptors (Lipinski definition) is 2. The summed E-state index contributed by atoms with van der Waals surface area (Å²) in [5.41, 5.74) is 2.25. The summed E-state index contributed by atoms with van der Waals surface area (Å²) in [6.45, 7) is 2.05. The Kier molecular flexibility index (Phi) is 2.55. The lowest BCUT2D eigenvalue weighted by Gasteiger charge is -1.96. The van der Waals surface area contributed by atoms with E-state index in [9.17, 15) is 0 Å². The van der Waals surface area contributed by atoms with Crippen molar-refractivity contribution in [3.63, 3.8) is 0 Å². The highest BCUT2D eigenvalue weighted by Crippen LogP contribution is 2.21. The van der Waals surface area contributed by atoms with Crippen LogP contribution >= 0.6 is 11.6 Å². The first-order valence-electron chi connectivity index (χ1n) is 4.37. The molecule has 72 valence electrons. The largest absolute Gasteiger partial charge is 0.439 e. The number of aromatic nitrogens is 1. The molecule has 0 radical (unpaired) electrons. The highest BCUT2D eigenvalue weighted by atomic mass is 35.5. The van der Waals surface area contributed by atoms with Crippen molar-refractivity contribution in [2.75, 3.05) is 0 Å². The van der Waals surface area contributed by atoms with Crippen LogP contribution in [-0.4, -0.2) is 4.98 Å². The van der Waals surface area contributed by atoms with Crippen molar-refractivity contribution in [1.82, 2.24) is 4.98 Å². The third-order valence-corrected chi connectivity index (χ3v) is 2.23. The second-order valence-electron chi connectivity index (χ2n) is 3.12. The molecule has 1 heterocycles. The number of hydrogen-bond donors (Lipinski definition) is 0. The first-order chi connectivity index (χ1) is 6.79. The molecule has 0 unspecified atom stereocenters. The van der Waals surface area contributed by atoms with Gasteiger partial charge in [-0.3, -0.25) is 0 Å². The molecule has 0 spiro atoms. The van der Waals surface area contributed by atoms with E-state index in [1.165, 1.54) is 5.56 Å². The first-order valence-corrected chi connectivity index (χ1v) is 4.91. The number of benzene rings is 1. The number of alkyl halides is 1. The lowest BCUT2D eigenvalue weighted by atomic mass is 10.1. The van der Waals surface area contributed by atoms with Gasteiger partial charge in [0.25, 0.3) is 0 Å². The van der Waals surface area contributed by atoms with Crippen molar-refractivity contribution in [3.8, 4) is 11.3 Å². The number of oxazole rings is 1. The van der Waals surface area contributed by atoms with Crippen LogP contribution in [0.1, 0.15) is 11.5 Å². The highest BCUT2D eigenvalue weighted by Gasteiger charge is 2.04. The van der Waals surface area contributed by atoms with E-state index >= 15 is 0 Å². The monoisotopic (exact) mass is 207 g/mol. The maximum absolute atomic E-state index is 5.60. The van der Waals surface area contributed by atoms with Gasteiger partial charge in [-0.2, -0.15) is 0 Å². The molecular formula is C11H10ClNO. The van der Waals surface area contributed by atoms with Crippen molar-refractivity contribution in [2.24, 2.45) is 0 Å². The van der Waals surface area contributed by atoms with E-state index in [4.69, 9.17) is 16.0 Å². The Morgan fingerprint density at radius 1 is 1.29 bits per heavy atom. The molecular weight excluding hydrogens is 198 g/mol. The van der Waals surface area contributed by atoms with Gasteiger partial charge in [-0.05, 0) is 6.92 Å². The van der Waals surface area contributed by atoms with Crippen LogP contribution in [0.15, 0.2) is 34.9 Å². The number of rotatable bonds is 2. The fraction of sp³-hybridized carbons (Fsp3) is 0.182. The minimum atomic E-state index is 0.311. The Balaban J connectivity index is 2.34. The second kappa shape index (κ2) is 3.84. The Bertz CT molecular complexity index is 419. The Labute approximate surface area is 87.5 Å². The van der Waals surface area contributed by atoms with Gasteiger partial charge in [0.1, 0.15) is 0 Å². The van der Waals surface area contributed by atoms with E-state index < -0.39 is 0 Å². The summed E-state index contributed by atoms with van der Waals surface area (Å²) in [6, 6.07) is 8.10. The Morgan fingerprint density at radius 3 is 2.57 bits per heavy atom. The molecule has 0 aliphatic rings. The molecule has 0 saturated heterocycles. The molecule has 0 aliphatic carbocycles. The number of halogens is 1. The molecule has 1 aromatic carbocycles. The molecule has 0 amide bonds. The van der Waals surface area contributed by atoms with E-state index in [2.05, 4.69) is 4.98 Å². The lowest BCUT2D eigenvalue weighted by molar-refractivity contribution is 0.529. The molecule has 0 fully saturated rings. The lowest BCUT2D eigenvalue weighted by Crippen LogP contribution is -1.74. The summed E-state index contributed by atoms with van der Waals surface area (Å²) in [5.74, 6) is 1.63. The van der Waals surface area contributed by atoms with Crippen LogP contribution in [0.2, 0.25) is 0 Å². The van der Waals surface area contributed by atoms with Gasteiger partial charge >= 0.3 is 0 Å². The minimum absolute atomic E-state index is 0.311. The molecule has 2 nitrogen and oxygen atoms in total. The molecule has 0 N–H and O–H groups in total. The summed E-state index contributed by atoms with van der Waals surface area (Å²) >= 11 is 5.60. The zero-order valence-corrected chi connectivity index (χ0v) is 8.58. The third-order valence-electron chi connectivity index (χ3n) is 2.00. The average molecular weight is 208 g/mol. The maximum atomic E-state index is 5.60. The van der Waals surface area contributed by atoms with E-state index in [0.29, 0.717) is 11.8 Å². The van der Waals surface area contributed by atoms with Crippen molar-refractivity contribution >= 4 is 11.6 Å². The Hall–Kier alpha value is -1.28. The van der Waals surface area contributed by atoms with Gasteiger partial charge in [-0.15, -0.1) is 11.6 Å². The van der Waals surface area contributed by atoms with Gasteiger partial charge < -0.3 is 4.42 Å². The number of nitrogens with zero attached hydrogens (tertiary/aromatic N) is 1. The summed E-state index contributed by atoms with van der Waals surface area (Å²) in [4.78, 5) is 4.03. The van der Waals surface area contributed by atoms with Crippen LogP contribution in [0.4, 0.5) is 0 Å². The predicted octanol–water partition coefficient (Wildman–Crippen LogP) is 3.39. The van der Waals surface area contributed by atoms with Crippen LogP contribution in [0.5, 0.6) is 0 Å². The molecule has 2 rings (SSSR count). The maximum Gasteiger partial charge on any atom is 0.209 e. The zero-order chi connectivity index (χ0) is 9.97. The van der Waals surface area contributed by atoms with Gasteiger partial charge in [-0.1, -0.05) is 29.8 Å². The van der Waals surface area contributed by atoms with Gasteiger partial charge in [0.2, 0.25) is 5.89 Å². The van der Waals surface area contributed by atoms with Crippen LogP contribution in [0, 0.1) is 6.92 Å². The van der Waals surface area contributed by atoms with Gasteiger partial charge in [-0.25, -0.2) is 4.98 Å². The van der Waals surface area contributed by atoms with Gasteiger partial charge in [0, 0.05) is 5.56 Å². The smallest absolute Gasteiger partial charge is 0.209 e. The zero-order valence-electron chi connectivity index (χ0n) is 7.83. The van der Waals surface area contributed by atoms with Crippen LogP contribution in [0.3, 0.4) is 0 Å². The predicted molar refractivity (Wildman–Crippen MR) is 56.2 cm³/mol. The topological polar surface area (TPSA) is 26.0 Å². The summed E-state index contributed by atoms with van der Waals surface area (Å²) in [6.07, 6.45) is 1.70. The molecule has 14 heavy (non-hydrogen) atoms. The molecule has 0 atom stereocenters. The Morgan fingerprint density at radius 2 is 2.00 bits per heavy atom. The molecule has 0 bridgehead atoms. The van der Waals surface area contributed by atoms with E-state index in [0.717, 1.165) is 11.3 Å². The molecule has 1 aromatic heterocycles. The van der Waals surface area contributed by atoms with E-state index in [1.54, 1.807) is 6.20 Å². The van der Waals surface area contributed by atoms with E-state index in [1.807, 2.05) is 31.2 Å². The standard InChI is InChI=1S/C11H10ClNO/c1-8-2-4-9(5-3-8)10-7-13-11(6-12)14-10/h2-5,7H,6H2,1H3. The van der Waals surface area contributed by atoms with Crippen molar-refractivity contribution < 1.29 is 4.42 Å². The normalized spacial score (nSPS) is 10.4. The fourth-order valence-corrected chi connectivity index (χ4v) is 1.35. The number of aryl methyl sites for hydroxylation is 1. The highest BCUT2D eigenvalue weighted by molar-refractivity contribution is 6.16. The van der Waals surface area contributed by atoms with Crippen LogP contribution in [0.25, 0.3) is 11.3 Å². The van der Waals surface area contributed by atoms with Crippen LogP contribution < -0.4 is 0 Å². The summed E-state index contributed by atoms with van der Waals surface area (Å²) in [5, 5.41) is 0. The third kappa shape index (κ3) is 1.80. The molecule has 3 heteroatoms. The quantitative estimate of drug-likeness (QED) is 0.706. The van der Waals surface area contributed by atoms with Crippen molar-refractivity contribution in [2.45, 2.75) is 12.8 Å². The van der Waals surface area contributed by atoms with E-state index in [-0.39, 0.29) is 0 Å². The van der Waals surface area contributed by atoms with Gasteiger partial charge in [0.15, 0.2) is 5.76 Å². The van der Waals surface area contributed by atoms with Crippen LogP contribution in [-0.2, 0) is 5.88 Å². The summed E-state index contributed by atoms with van der Waals surface area (Å²) in [7, 11) is 0. The fourth-order valence-electron chi connectivity index (χ4n) is 1.22. The SMILES string of the molecule is Cc1ccc(-c2cnc(CCl)o2)cc1. The first kappa shape index (κ1) is 9.28.